The fourth-order valence-electron chi connectivity index (χ4n) is 2.67. The van der Waals surface area contributed by atoms with Crippen LogP contribution in [0.3, 0.4) is 0 Å². The summed E-state index contributed by atoms with van der Waals surface area (Å²) in [6.07, 6.45) is 1.88. The first-order chi connectivity index (χ1) is 11.9. The summed E-state index contributed by atoms with van der Waals surface area (Å²) in [4.78, 5) is 5.25. The number of nitrogens with zero attached hydrogens (tertiary/aromatic N) is 3. The van der Waals surface area contributed by atoms with E-state index in [1.54, 1.807) is 29.7 Å². The first-order valence-electron chi connectivity index (χ1n) is 7.55. The van der Waals surface area contributed by atoms with Gasteiger partial charge in [0.15, 0.2) is 0 Å². The first kappa shape index (κ1) is 15.1. The summed E-state index contributed by atoms with van der Waals surface area (Å²) >= 11 is 3.27. The molecule has 2 heterocycles. The van der Waals surface area contributed by atoms with Crippen molar-refractivity contribution in [1.29, 1.82) is 0 Å². The Morgan fingerprint density at radius 1 is 1.00 bits per heavy atom. The Morgan fingerprint density at radius 2 is 1.88 bits per heavy atom. The molecule has 0 amide bonds. The summed E-state index contributed by atoms with van der Waals surface area (Å²) in [5.74, 6) is 0. The predicted molar refractivity (Wildman–Crippen MR) is 104 cm³/mol. The van der Waals surface area contributed by atoms with Gasteiger partial charge in [0.2, 0.25) is 4.80 Å². The Bertz CT molecular complexity index is 1060. The molecular formula is C19H15N3S2. The van der Waals surface area contributed by atoms with Gasteiger partial charge in [-0.3, -0.25) is 4.99 Å². The van der Waals surface area contributed by atoms with E-state index in [-0.39, 0.29) is 0 Å². The van der Waals surface area contributed by atoms with Crippen molar-refractivity contribution < 1.29 is 0 Å². The highest BCUT2D eigenvalue weighted by Gasteiger charge is 2.10. The predicted octanol–water partition coefficient (Wildman–Crippen LogP) is 4.84. The van der Waals surface area contributed by atoms with E-state index in [1.807, 2.05) is 10.9 Å². The highest BCUT2D eigenvalue weighted by molar-refractivity contribution is 7.08. The summed E-state index contributed by atoms with van der Waals surface area (Å²) < 4.78 is 1.92. The SMILES string of the molecule is CN=c1scc(-c2cccc3ccccc23)n1N=Cc1ccsc1. The normalized spacial score (nSPS) is 12.5. The van der Waals surface area contributed by atoms with Crippen molar-refractivity contribution in [1.82, 2.24) is 4.68 Å². The molecule has 0 saturated heterocycles. The van der Waals surface area contributed by atoms with Gasteiger partial charge in [-0.1, -0.05) is 42.5 Å². The third-order valence-corrected chi connectivity index (χ3v) is 5.42. The molecule has 0 aliphatic heterocycles. The van der Waals surface area contributed by atoms with E-state index in [1.165, 1.54) is 16.3 Å². The molecule has 0 atom stereocenters. The van der Waals surface area contributed by atoms with Gasteiger partial charge in [-0.15, -0.1) is 11.3 Å². The van der Waals surface area contributed by atoms with Gasteiger partial charge in [-0.05, 0) is 27.6 Å². The van der Waals surface area contributed by atoms with E-state index in [2.05, 4.69) is 74.8 Å². The molecule has 0 radical (unpaired) electrons. The summed E-state index contributed by atoms with van der Waals surface area (Å²) in [7, 11) is 1.80. The lowest BCUT2D eigenvalue weighted by molar-refractivity contribution is 0.849. The highest BCUT2D eigenvalue weighted by Crippen LogP contribution is 2.28. The van der Waals surface area contributed by atoms with Crippen molar-refractivity contribution in [2.24, 2.45) is 10.1 Å². The molecule has 0 N–H and O–H groups in total. The van der Waals surface area contributed by atoms with Gasteiger partial charge in [0.1, 0.15) is 0 Å². The third-order valence-electron chi connectivity index (χ3n) is 3.81. The maximum Gasteiger partial charge on any atom is 0.205 e. The molecule has 0 spiro atoms. The number of benzene rings is 2. The minimum Gasteiger partial charge on any atom is -0.261 e. The molecule has 118 valence electrons. The molecule has 5 heteroatoms. The number of aromatic nitrogens is 1. The second-order valence-corrected chi connectivity index (χ2v) is 6.88. The first-order valence-corrected chi connectivity index (χ1v) is 9.37. The van der Waals surface area contributed by atoms with E-state index in [0.29, 0.717) is 0 Å². The molecule has 0 aliphatic rings. The summed E-state index contributed by atoms with van der Waals surface area (Å²) in [6, 6.07) is 16.8. The average molecular weight is 349 g/mol. The Balaban J connectivity index is 1.91. The maximum atomic E-state index is 4.68. The Labute approximate surface area is 147 Å². The molecule has 4 rings (SSSR count). The average Bonchev–Trinajstić information content (AvgIpc) is 3.28. The number of rotatable bonds is 3. The lowest BCUT2D eigenvalue weighted by Gasteiger charge is -2.07. The Hall–Kier alpha value is -2.50. The number of thiophene rings is 1. The van der Waals surface area contributed by atoms with Gasteiger partial charge in [0.25, 0.3) is 0 Å². The molecule has 2 aromatic heterocycles. The number of hydrogen-bond donors (Lipinski definition) is 0. The van der Waals surface area contributed by atoms with Gasteiger partial charge in [0.05, 0.1) is 11.9 Å². The second kappa shape index (κ2) is 6.55. The Morgan fingerprint density at radius 3 is 2.71 bits per heavy atom. The van der Waals surface area contributed by atoms with Crippen LogP contribution in [0.15, 0.2) is 74.8 Å². The van der Waals surface area contributed by atoms with Crippen LogP contribution in [-0.4, -0.2) is 17.9 Å². The van der Waals surface area contributed by atoms with Crippen LogP contribution in [0.4, 0.5) is 0 Å². The smallest absolute Gasteiger partial charge is 0.205 e. The zero-order valence-electron chi connectivity index (χ0n) is 13.1. The van der Waals surface area contributed by atoms with Gasteiger partial charge in [-0.25, -0.2) is 4.68 Å². The summed E-state index contributed by atoms with van der Waals surface area (Å²) in [6.45, 7) is 0. The van der Waals surface area contributed by atoms with E-state index in [9.17, 15) is 0 Å². The molecule has 0 fully saturated rings. The minimum absolute atomic E-state index is 0.879. The standard InChI is InChI=1S/C19H15N3S2/c1-20-19-22(21-11-14-9-10-23-12-14)18(13-24-19)17-8-4-6-15-5-2-3-7-16(15)17/h2-13H,1H3. The molecule has 0 aliphatic carbocycles. The van der Waals surface area contributed by atoms with E-state index in [4.69, 9.17) is 0 Å². The van der Waals surface area contributed by atoms with E-state index in [0.717, 1.165) is 16.1 Å². The molecule has 2 aromatic carbocycles. The molecule has 3 nitrogen and oxygen atoms in total. The van der Waals surface area contributed by atoms with Crippen molar-refractivity contribution in [3.8, 4) is 11.3 Å². The molecule has 24 heavy (non-hydrogen) atoms. The molecular weight excluding hydrogens is 334 g/mol. The van der Waals surface area contributed by atoms with Crippen LogP contribution in [0.2, 0.25) is 0 Å². The van der Waals surface area contributed by atoms with Crippen molar-refractivity contribution in [3.05, 3.63) is 75.0 Å². The lowest BCUT2D eigenvalue weighted by Crippen LogP contribution is -2.11. The minimum atomic E-state index is 0.879. The molecule has 0 bridgehead atoms. The summed E-state index contributed by atoms with van der Waals surface area (Å²) in [5.41, 5.74) is 3.33. The van der Waals surface area contributed by atoms with Crippen LogP contribution in [0, 0.1) is 0 Å². The maximum absolute atomic E-state index is 4.68. The zero-order valence-corrected chi connectivity index (χ0v) is 14.7. The zero-order chi connectivity index (χ0) is 16.4. The lowest BCUT2D eigenvalue weighted by atomic mass is 10.0. The Kier molecular flexibility index (Phi) is 4.11. The van der Waals surface area contributed by atoms with Gasteiger partial charge in [-0.2, -0.15) is 16.4 Å². The van der Waals surface area contributed by atoms with Gasteiger partial charge < -0.3 is 0 Å². The second-order valence-electron chi connectivity index (χ2n) is 5.27. The third kappa shape index (κ3) is 2.72. The number of fused-ring (bicyclic) bond motifs is 1. The van der Waals surface area contributed by atoms with Gasteiger partial charge in [0, 0.05) is 23.6 Å². The topological polar surface area (TPSA) is 29.6 Å². The van der Waals surface area contributed by atoms with E-state index >= 15 is 0 Å². The van der Waals surface area contributed by atoms with Crippen molar-refractivity contribution >= 4 is 39.7 Å². The van der Waals surface area contributed by atoms with Crippen LogP contribution in [-0.2, 0) is 0 Å². The monoisotopic (exact) mass is 349 g/mol. The fraction of sp³-hybridized carbons (Fsp3) is 0.0526. The summed E-state index contributed by atoms with van der Waals surface area (Å²) in [5, 5.41) is 13.4. The van der Waals surface area contributed by atoms with Crippen LogP contribution < -0.4 is 4.80 Å². The van der Waals surface area contributed by atoms with Crippen LogP contribution in [0.25, 0.3) is 22.0 Å². The van der Waals surface area contributed by atoms with Crippen LogP contribution >= 0.6 is 22.7 Å². The van der Waals surface area contributed by atoms with Gasteiger partial charge >= 0.3 is 0 Å². The van der Waals surface area contributed by atoms with Crippen LogP contribution in [0.5, 0.6) is 0 Å². The quantitative estimate of drug-likeness (QED) is 0.474. The number of thiazole rings is 1. The van der Waals surface area contributed by atoms with Crippen molar-refractivity contribution in [3.63, 3.8) is 0 Å². The van der Waals surface area contributed by atoms with Crippen molar-refractivity contribution in [2.75, 3.05) is 7.05 Å². The van der Waals surface area contributed by atoms with Crippen molar-refractivity contribution in [2.45, 2.75) is 0 Å². The fourth-order valence-corrected chi connectivity index (χ4v) is 4.08. The molecule has 0 saturated carbocycles. The number of hydrogen-bond acceptors (Lipinski definition) is 4. The van der Waals surface area contributed by atoms with E-state index < -0.39 is 0 Å². The largest absolute Gasteiger partial charge is 0.261 e. The molecule has 0 unspecified atom stereocenters. The molecule has 4 aromatic rings. The van der Waals surface area contributed by atoms with Crippen LogP contribution in [0.1, 0.15) is 5.56 Å². The highest BCUT2D eigenvalue weighted by atomic mass is 32.1.